The molecule has 0 bridgehead atoms. The molecule has 0 aliphatic heterocycles. The third-order valence-corrected chi connectivity index (χ3v) is 8.87. The maximum absolute atomic E-state index is 12.8. The average Bonchev–Trinajstić information content (AvgIpc) is 3.43. The molecule has 0 radical (unpaired) electrons. The first-order chi connectivity index (χ1) is 20.8. The van der Waals surface area contributed by atoms with Gasteiger partial charge in [-0.25, -0.2) is 23.4 Å². The lowest BCUT2D eigenvalue weighted by Crippen LogP contribution is -2.23. The van der Waals surface area contributed by atoms with Crippen molar-refractivity contribution in [3.8, 4) is 28.3 Å². The quantitative estimate of drug-likeness (QED) is 0.241. The molecule has 3 aromatic carbocycles. The van der Waals surface area contributed by atoms with Crippen molar-refractivity contribution in [1.82, 2.24) is 24.8 Å². The van der Waals surface area contributed by atoms with Crippen molar-refractivity contribution in [3.05, 3.63) is 120 Å². The van der Waals surface area contributed by atoms with E-state index in [9.17, 15) is 13.2 Å². The van der Waals surface area contributed by atoms with E-state index in [4.69, 9.17) is 15.7 Å². The van der Waals surface area contributed by atoms with E-state index in [0.29, 0.717) is 28.4 Å². The summed E-state index contributed by atoms with van der Waals surface area (Å²) in [7, 11) is -3.41. The van der Waals surface area contributed by atoms with Crippen molar-refractivity contribution < 1.29 is 13.2 Å². The number of carbonyl (C=O) groups excluding carboxylic acids is 1. The maximum atomic E-state index is 12.8. The number of anilines is 1. The van der Waals surface area contributed by atoms with Gasteiger partial charge in [0, 0.05) is 29.6 Å². The highest BCUT2D eigenvalue weighted by Crippen LogP contribution is 2.31. The highest BCUT2D eigenvalue weighted by Gasteiger charge is 2.19. The van der Waals surface area contributed by atoms with Gasteiger partial charge in [0.1, 0.15) is 11.3 Å². The first-order valence-corrected chi connectivity index (χ1v) is 15.4. The lowest BCUT2D eigenvalue weighted by molar-refractivity contribution is 0.0950. The van der Waals surface area contributed by atoms with Gasteiger partial charge in [0.2, 0.25) is 0 Å². The number of imidazole rings is 1. The summed E-state index contributed by atoms with van der Waals surface area (Å²) in [6.07, 6.45) is 1.64. The molecule has 0 saturated carbocycles. The van der Waals surface area contributed by atoms with E-state index in [1.807, 2.05) is 83.4 Å². The Labute approximate surface area is 249 Å². The van der Waals surface area contributed by atoms with Crippen LogP contribution in [-0.4, -0.2) is 39.6 Å². The normalized spacial score (nSPS) is 11.5. The fourth-order valence-corrected chi connectivity index (χ4v) is 5.73. The minimum Gasteiger partial charge on any atom is -0.383 e. The van der Waals surface area contributed by atoms with Crippen LogP contribution in [0, 0.1) is 0 Å². The Morgan fingerprint density at radius 3 is 2.42 bits per heavy atom. The Morgan fingerprint density at radius 2 is 1.67 bits per heavy atom. The molecular formula is C33H28N6O3S. The number of hydrogen-bond acceptors (Lipinski definition) is 7. The number of aromatic nitrogens is 4. The molecule has 214 valence electrons. The Morgan fingerprint density at radius 1 is 0.884 bits per heavy atom. The Kier molecular flexibility index (Phi) is 7.43. The fraction of sp³-hybridized carbons (Fsp3) is 0.0909. The van der Waals surface area contributed by atoms with Gasteiger partial charge in [0.15, 0.2) is 21.3 Å². The third kappa shape index (κ3) is 5.60. The molecule has 3 heterocycles. The third-order valence-electron chi connectivity index (χ3n) is 7.14. The van der Waals surface area contributed by atoms with Gasteiger partial charge in [-0.05, 0) is 60.2 Å². The van der Waals surface area contributed by atoms with E-state index in [2.05, 4.69) is 10.3 Å². The summed E-state index contributed by atoms with van der Waals surface area (Å²) in [5, 5.41) is 2.88. The van der Waals surface area contributed by atoms with Gasteiger partial charge in [-0.3, -0.25) is 9.36 Å². The van der Waals surface area contributed by atoms with Crippen molar-refractivity contribution in [1.29, 1.82) is 0 Å². The summed E-state index contributed by atoms with van der Waals surface area (Å²) in [5.74, 6) is 0.581. The van der Waals surface area contributed by atoms with Gasteiger partial charge in [-0.2, -0.15) is 0 Å². The van der Waals surface area contributed by atoms with Crippen LogP contribution < -0.4 is 11.1 Å². The molecule has 10 heteroatoms. The molecule has 0 saturated heterocycles. The smallest absolute Gasteiger partial charge is 0.251 e. The summed E-state index contributed by atoms with van der Waals surface area (Å²) < 4.78 is 26.4. The number of sulfone groups is 1. The van der Waals surface area contributed by atoms with Crippen LogP contribution in [0.25, 0.3) is 39.5 Å². The number of rotatable bonds is 8. The number of nitrogen functional groups attached to an aromatic ring is 1. The molecule has 3 aromatic heterocycles. The van der Waals surface area contributed by atoms with E-state index >= 15 is 0 Å². The Balaban J connectivity index is 1.32. The minimum atomic E-state index is -3.41. The summed E-state index contributed by atoms with van der Waals surface area (Å²) in [6.45, 7) is 1.83. The molecule has 0 unspecified atom stereocenters. The number of carbonyl (C=O) groups is 1. The second-order valence-corrected chi connectivity index (χ2v) is 12.2. The van der Waals surface area contributed by atoms with Crippen LogP contribution in [0.5, 0.6) is 0 Å². The van der Waals surface area contributed by atoms with Crippen LogP contribution in [0.1, 0.15) is 22.8 Å². The first-order valence-electron chi connectivity index (χ1n) is 13.7. The van der Waals surface area contributed by atoms with Crippen LogP contribution in [0.2, 0.25) is 0 Å². The minimum absolute atomic E-state index is 0.0329. The number of benzene rings is 3. The molecule has 0 atom stereocenters. The number of amides is 1. The summed E-state index contributed by atoms with van der Waals surface area (Å²) in [6, 6.07) is 31.3. The van der Waals surface area contributed by atoms with Gasteiger partial charge < -0.3 is 11.1 Å². The molecule has 0 fully saturated rings. The molecule has 0 spiro atoms. The van der Waals surface area contributed by atoms with Crippen molar-refractivity contribution in [2.75, 3.05) is 11.5 Å². The number of hydrogen-bond donors (Lipinski definition) is 2. The van der Waals surface area contributed by atoms with Crippen molar-refractivity contribution >= 4 is 32.7 Å². The number of nitrogens with zero attached hydrogens (tertiary/aromatic N) is 4. The maximum Gasteiger partial charge on any atom is 0.251 e. The van der Waals surface area contributed by atoms with E-state index in [-0.39, 0.29) is 28.7 Å². The molecule has 0 aliphatic rings. The Bertz CT molecular complexity index is 2060. The standard InChI is InChI=1S/C33H28N6O3S/c1-2-43(41,42)26-11-6-10-24(20-26)33(40)36-21-22-13-15-25(16-14-22)39-31(27-12-7-19-35-30(27)34)38-29-18-17-28(37-32(29)39)23-8-4-3-5-9-23/h3-20H,2,21H2,1H3,(H2,34,35)(H,36,40). The van der Waals surface area contributed by atoms with Gasteiger partial charge in [-0.15, -0.1) is 0 Å². The highest BCUT2D eigenvalue weighted by atomic mass is 32.2. The average molecular weight is 589 g/mol. The summed E-state index contributed by atoms with van der Waals surface area (Å²) >= 11 is 0. The second-order valence-electron chi connectivity index (χ2n) is 9.89. The monoisotopic (exact) mass is 588 g/mol. The van der Waals surface area contributed by atoms with Gasteiger partial charge in [0.25, 0.3) is 5.91 Å². The molecule has 9 nitrogen and oxygen atoms in total. The molecule has 6 aromatic rings. The zero-order chi connectivity index (χ0) is 30.0. The number of fused-ring (bicyclic) bond motifs is 1. The Hall–Kier alpha value is -5.35. The predicted molar refractivity (Wildman–Crippen MR) is 167 cm³/mol. The second kappa shape index (κ2) is 11.5. The van der Waals surface area contributed by atoms with Crippen molar-refractivity contribution in [3.63, 3.8) is 0 Å². The van der Waals surface area contributed by atoms with Gasteiger partial charge >= 0.3 is 0 Å². The predicted octanol–water partition coefficient (Wildman–Crippen LogP) is 5.46. The van der Waals surface area contributed by atoms with E-state index in [1.54, 1.807) is 25.3 Å². The molecular weight excluding hydrogens is 560 g/mol. The first kappa shape index (κ1) is 27.8. The van der Waals surface area contributed by atoms with Gasteiger partial charge in [-0.1, -0.05) is 55.5 Å². The molecule has 0 aliphatic carbocycles. The molecule has 1 amide bonds. The number of nitrogens with one attached hydrogen (secondary N) is 1. The van der Waals surface area contributed by atoms with Crippen LogP contribution in [-0.2, 0) is 16.4 Å². The SMILES string of the molecule is CCS(=O)(=O)c1cccc(C(=O)NCc2ccc(-n3c(-c4cccnc4N)nc4ccc(-c5ccccc5)nc43)cc2)c1. The van der Waals surface area contributed by atoms with E-state index in [1.165, 1.54) is 12.1 Å². The zero-order valence-corrected chi connectivity index (χ0v) is 24.1. The van der Waals surface area contributed by atoms with E-state index < -0.39 is 9.84 Å². The number of nitrogens with two attached hydrogens (primary N) is 1. The van der Waals surface area contributed by atoms with Crippen molar-refractivity contribution in [2.24, 2.45) is 0 Å². The molecule has 6 rings (SSSR count). The van der Waals surface area contributed by atoms with E-state index in [0.717, 1.165) is 22.5 Å². The fourth-order valence-electron chi connectivity index (χ4n) is 4.80. The van der Waals surface area contributed by atoms with Crippen LogP contribution in [0.15, 0.2) is 114 Å². The largest absolute Gasteiger partial charge is 0.383 e. The summed E-state index contributed by atoms with van der Waals surface area (Å²) in [4.78, 5) is 27.1. The molecule has 3 N–H and O–H groups in total. The lowest BCUT2D eigenvalue weighted by Gasteiger charge is -2.12. The van der Waals surface area contributed by atoms with Crippen LogP contribution >= 0.6 is 0 Å². The lowest BCUT2D eigenvalue weighted by atomic mass is 10.1. The zero-order valence-electron chi connectivity index (χ0n) is 23.3. The van der Waals surface area contributed by atoms with Gasteiger partial charge in [0.05, 0.1) is 21.9 Å². The summed E-state index contributed by atoms with van der Waals surface area (Å²) in [5.41, 5.74) is 12.1. The number of pyridine rings is 2. The highest BCUT2D eigenvalue weighted by molar-refractivity contribution is 7.91. The topological polar surface area (TPSA) is 133 Å². The van der Waals surface area contributed by atoms with Crippen molar-refractivity contribution in [2.45, 2.75) is 18.4 Å². The van der Waals surface area contributed by atoms with Crippen LogP contribution in [0.3, 0.4) is 0 Å². The van der Waals surface area contributed by atoms with Crippen LogP contribution in [0.4, 0.5) is 5.82 Å². The molecule has 43 heavy (non-hydrogen) atoms.